The molecule has 1 unspecified atom stereocenters. The molecule has 0 bridgehead atoms. The number of piperazine rings is 1. The average molecular weight is 477 g/mol. The molecule has 5 nitrogen and oxygen atoms in total. The topological polar surface area (TPSA) is 53.8 Å². The van der Waals surface area contributed by atoms with Gasteiger partial charge in [0.1, 0.15) is 5.76 Å². The molecule has 1 aliphatic heterocycles. The Bertz CT molecular complexity index is 1120. The molecule has 0 radical (unpaired) electrons. The lowest BCUT2D eigenvalue weighted by Gasteiger charge is -2.36. The molecule has 31 heavy (non-hydrogen) atoms. The van der Waals surface area contributed by atoms with E-state index in [1.165, 1.54) is 0 Å². The van der Waals surface area contributed by atoms with E-state index in [9.17, 15) is 9.00 Å². The van der Waals surface area contributed by atoms with E-state index >= 15 is 0 Å². The van der Waals surface area contributed by atoms with E-state index in [4.69, 9.17) is 27.6 Å². The minimum Gasteiger partial charge on any atom is -0.455 e. The molecule has 1 aliphatic rings. The lowest BCUT2D eigenvalue weighted by Crippen LogP contribution is -2.48. The summed E-state index contributed by atoms with van der Waals surface area (Å²) in [6, 6.07) is 16.2. The maximum absolute atomic E-state index is 12.9. The van der Waals surface area contributed by atoms with Crippen LogP contribution in [0.4, 0.5) is 5.69 Å². The molecule has 0 saturated carbocycles. The first-order valence-electron chi connectivity index (χ1n) is 9.94. The highest BCUT2D eigenvalue weighted by Gasteiger charge is 2.25. The molecule has 0 aliphatic carbocycles. The molecule has 1 atom stereocenters. The van der Waals surface area contributed by atoms with E-state index < -0.39 is 10.8 Å². The fourth-order valence-electron chi connectivity index (χ4n) is 3.64. The van der Waals surface area contributed by atoms with Crippen molar-refractivity contribution in [2.75, 3.05) is 31.1 Å². The molecule has 0 spiro atoms. The zero-order valence-electron chi connectivity index (χ0n) is 17.0. The quantitative estimate of drug-likeness (QED) is 0.509. The van der Waals surface area contributed by atoms with Gasteiger partial charge >= 0.3 is 0 Å². The summed E-state index contributed by atoms with van der Waals surface area (Å²) < 4.78 is 18.3. The molecule has 2 heterocycles. The number of hydrogen-bond acceptors (Lipinski definition) is 4. The van der Waals surface area contributed by atoms with Crippen LogP contribution in [0.15, 0.2) is 63.9 Å². The zero-order chi connectivity index (χ0) is 22.0. The van der Waals surface area contributed by atoms with Gasteiger partial charge in [-0.3, -0.25) is 9.00 Å². The minimum absolute atomic E-state index is 0.155. The number of anilines is 1. The van der Waals surface area contributed by atoms with Crippen molar-refractivity contribution in [3.63, 3.8) is 0 Å². The van der Waals surface area contributed by atoms with Crippen LogP contribution in [-0.2, 0) is 16.6 Å². The number of carbonyl (C=O) groups excluding carboxylic acids is 1. The van der Waals surface area contributed by atoms with Crippen molar-refractivity contribution in [1.82, 2.24) is 4.90 Å². The number of carbonyl (C=O) groups is 1. The predicted molar refractivity (Wildman–Crippen MR) is 125 cm³/mol. The number of aryl methyl sites for hydroxylation is 1. The van der Waals surface area contributed by atoms with Gasteiger partial charge in [-0.2, -0.15) is 0 Å². The normalized spacial score (nSPS) is 15.2. The molecule has 2 aromatic carbocycles. The summed E-state index contributed by atoms with van der Waals surface area (Å²) >= 11 is 12.3. The van der Waals surface area contributed by atoms with Crippen LogP contribution in [0.2, 0.25) is 10.0 Å². The Morgan fingerprint density at radius 3 is 2.52 bits per heavy atom. The van der Waals surface area contributed by atoms with Crippen LogP contribution in [0.1, 0.15) is 21.9 Å². The second kappa shape index (κ2) is 9.47. The number of halogens is 2. The monoisotopic (exact) mass is 476 g/mol. The zero-order valence-corrected chi connectivity index (χ0v) is 19.3. The number of benzene rings is 2. The molecular formula is C23H22Cl2N2O3S. The van der Waals surface area contributed by atoms with Crippen molar-refractivity contribution in [3.8, 4) is 0 Å². The Balaban J connectivity index is 1.38. The Morgan fingerprint density at radius 1 is 1.03 bits per heavy atom. The van der Waals surface area contributed by atoms with Gasteiger partial charge in [-0.1, -0.05) is 41.4 Å². The first kappa shape index (κ1) is 21.9. The third-order valence-corrected chi connectivity index (χ3v) is 7.38. The summed E-state index contributed by atoms with van der Waals surface area (Å²) in [6.07, 6.45) is 0. The van der Waals surface area contributed by atoms with Gasteiger partial charge in [0, 0.05) is 36.9 Å². The Labute approximate surface area is 194 Å². The number of hydrogen-bond donors (Lipinski definition) is 0. The van der Waals surface area contributed by atoms with Crippen molar-refractivity contribution in [2.45, 2.75) is 17.6 Å². The lowest BCUT2D eigenvalue weighted by molar-refractivity contribution is 0.0713. The maximum Gasteiger partial charge on any atom is 0.289 e. The molecule has 8 heteroatoms. The van der Waals surface area contributed by atoms with E-state index in [-0.39, 0.29) is 17.4 Å². The van der Waals surface area contributed by atoms with E-state index in [0.29, 0.717) is 33.8 Å². The van der Waals surface area contributed by atoms with Crippen LogP contribution in [-0.4, -0.2) is 41.2 Å². The van der Waals surface area contributed by atoms with Crippen LogP contribution >= 0.6 is 23.2 Å². The molecular weight excluding hydrogens is 455 g/mol. The fourth-order valence-corrected chi connectivity index (χ4v) is 5.28. The standard InChI is InChI=1S/C23H22Cl2N2O3S/c1-16-6-7-17(24)14-20(16)26-10-12-27(13-11-26)23(28)21-9-8-18(30-21)15-31(29)22-5-3-2-4-19(22)25/h2-9,14H,10-13,15H2,1H3. The third kappa shape index (κ3) is 4.97. The molecule has 3 aromatic rings. The Kier molecular flexibility index (Phi) is 6.70. The van der Waals surface area contributed by atoms with Crippen molar-refractivity contribution in [1.29, 1.82) is 0 Å². The first-order valence-corrected chi connectivity index (χ1v) is 12.0. The van der Waals surface area contributed by atoms with Crippen molar-refractivity contribution in [2.24, 2.45) is 0 Å². The second-order valence-electron chi connectivity index (χ2n) is 7.40. The second-order valence-corrected chi connectivity index (χ2v) is 9.66. The maximum atomic E-state index is 12.9. The highest BCUT2D eigenvalue weighted by molar-refractivity contribution is 7.84. The van der Waals surface area contributed by atoms with Gasteiger partial charge in [0.05, 0.1) is 26.5 Å². The summed E-state index contributed by atoms with van der Waals surface area (Å²) in [4.78, 5) is 17.5. The number of amides is 1. The summed E-state index contributed by atoms with van der Waals surface area (Å²) in [6.45, 7) is 4.67. The Hall–Kier alpha value is -2.28. The number of nitrogens with zero attached hydrogens (tertiary/aromatic N) is 2. The van der Waals surface area contributed by atoms with Crippen molar-refractivity contribution < 1.29 is 13.4 Å². The van der Waals surface area contributed by atoms with E-state index in [1.807, 2.05) is 18.2 Å². The van der Waals surface area contributed by atoms with Crippen LogP contribution < -0.4 is 4.90 Å². The predicted octanol–water partition coefficient (Wildman–Crippen LogP) is 5.17. The van der Waals surface area contributed by atoms with Gasteiger partial charge in [0.2, 0.25) is 0 Å². The van der Waals surface area contributed by atoms with Crippen LogP contribution in [0, 0.1) is 6.92 Å². The van der Waals surface area contributed by atoms with Gasteiger partial charge in [-0.25, -0.2) is 0 Å². The van der Waals surface area contributed by atoms with Crippen LogP contribution in [0.5, 0.6) is 0 Å². The van der Waals surface area contributed by atoms with Gasteiger partial charge in [0.15, 0.2) is 5.76 Å². The van der Waals surface area contributed by atoms with E-state index in [1.54, 1.807) is 41.3 Å². The molecule has 1 saturated heterocycles. The first-order chi connectivity index (χ1) is 14.9. The van der Waals surface area contributed by atoms with Gasteiger partial charge in [-0.15, -0.1) is 0 Å². The molecule has 162 valence electrons. The highest BCUT2D eigenvalue weighted by atomic mass is 35.5. The van der Waals surface area contributed by atoms with E-state index in [0.717, 1.165) is 24.3 Å². The molecule has 1 fully saturated rings. The third-order valence-electron chi connectivity index (χ3n) is 5.31. The highest BCUT2D eigenvalue weighted by Crippen LogP contribution is 2.26. The van der Waals surface area contributed by atoms with E-state index in [2.05, 4.69) is 11.8 Å². The van der Waals surface area contributed by atoms with Crippen molar-refractivity contribution in [3.05, 3.63) is 81.7 Å². The number of rotatable bonds is 5. The van der Waals surface area contributed by atoms with Crippen LogP contribution in [0.25, 0.3) is 0 Å². The van der Waals surface area contributed by atoms with Gasteiger partial charge in [-0.05, 0) is 48.9 Å². The summed E-state index contributed by atoms with van der Waals surface area (Å²) in [5.74, 6) is 0.768. The summed E-state index contributed by atoms with van der Waals surface area (Å²) in [7, 11) is -1.35. The number of furan rings is 1. The smallest absolute Gasteiger partial charge is 0.289 e. The largest absolute Gasteiger partial charge is 0.455 e. The van der Waals surface area contributed by atoms with Crippen LogP contribution in [0.3, 0.4) is 0 Å². The summed E-state index contributed by atoms with van der Waals surface area (Å²) in [5.41, 5.74) is 2.26. The fraction of sp³-hybridized carbons (Fsp3) is 0.261. The average Bonchev–Trinajstić information content (AvgIpc) is 3.23. The molecule has 1 amide bonds. The Morgan fingerprint density at radius 2 is 1.77 bits per heavy atom. The lowest BCUT2D eigenvalue weighted by atomic mass is 10.1. The molecule has 4 rings (SSSR count). The SMILES string of the molecule is Cc1ccc(Cl)cc1N1CCN(C(=O)c2ccc(CS(=O)c3ccccc3Cl)o2)CC1. The van der Waals surface area contributed by atoms with Gasteiger partial charge in [0.25, 0.3) is 5.91 Å². The molecule has 1 aromatic heterocycles. The molecule has 0 N–H and O–H groups in total. The van der Waals surface area contributed by atoms with Crippen molar-refractivity contribution >= 4 is 45.6 Å². The van der Waals surface area contributed by atoms with Gasteiger partial charge < -0.3 is 14.2 Å². The minimum atomic E-state index is -1.35. The summed E-state index contributed by atoms with van der Waals surface area (Å²) in [5, 5.41) is 1.16.